The molecule has 1 fully saturated rings. The number of nitrogens with zero attached hydrogens (tertiary/aromatic N) is 5. The molecule has 136 valence electrons. The summed E-state index contributed by atoms with van der Waals surface area (Å²) in [5.74, 6) is 1.01. The van der Waals surface area contributed by atoms with Crippen LogP contribution in [0.2, 0.25) is 0 Å². The fourth-order valence-corrected chi connectivity index (χ4v) is 2.92. The zero-order chi connectivity index (χ0) is 17.6. The van der Waals surface area contributed by atoms with Gasteiger partial charge in [0, 0.05) is 51.2 Å². The van der Waals surface area contributed by atoms with Crippen molar-refractivity contribution in [1.82, 2.24) is 24.7 Å². The maximum Gasteiger partial charge on any atom is 0.239 e. The third-order valence-electron chi connectivity index (χ3n) is 4.15. The van der Waals surface area contributed by atoms with Gasteiger partial charge in [-0.15, -0.1) is 0 Å². The first-order valence-corrected chi connectivity index (χ1v) is 8.42. The Morgan fingerprint density at radius 1 is 1.32 bits per heavy atom. The maximum absolute atomic E-state index is 12.0. The van der Waals surface area contributed by atoms with E-state index in [4.69, 9.17) is 4.52 Å². The minimum Gasteiger partial charge on any atom is -0.390 e. The Morgan fingerprint density at radius 2 is 2.08 bits per heavy atom. The molecule has 3 heterocycles. The van der Waals surface area contributed by atoms with Gasteiger partial charge in [-0.25, -0.2) is 0 Å². The van der Waals surface area contributed by atoms with Gasteiger partial charge in [0.2, 0.25) is 5.91 Å². The van der Waals surface area contributed by atoms with Gasteiger partial charge in [-0.3, -0.25) is 19.3 Å². The predicted octanol–water partition coefficient (Wildman–Crippen LogP) is -0.203. The maximum atomic E-state index is 12.0. The zero-order valence-electron chi connectivity index (χ0n) is 14.3. The van der Waals surface area contributed by atoms with Crippen LogP contribution in [0.15, 0.2) is 29.0 Å². The number of aliphatic hydroxyl groups is 1. The second-order valence-corrected chi connectivity index (χ2v) is 6.33. The van der Waals surface area contributed by atoms with E-state index in [0.717, 1.165) is 26.2 Å². The molecule has 1 saturated heterocycles. The molecule has 0 aliphatic carbocycles. The molecule has 3 rings (SSSR count). The van der Waals surface area contributed by atoms with Crippen molar-refractivity contribution >= 4 is 11.7 Å². The first kappa shape index (κ1) is 17.6. The molecule has 2 N–H and O–H groups in total. The van der Waals surface area contributed by atoms with Crippen LogP contribution in [-0.4, -0.2) is 81.1 Å². The second kappa shape index (κ2) is 8.24. The lowest BCUT2D eigenvalue weighted by molar-refractivity contribution is -0.117. The van der Waals surface area contributed by atoms with Gasteiger partial charge in [0.05, 0.1) is 19.2 Å². The summed E-state index contributed by atoms with van der Waals surface area (Å²) in [4.78, 5) is 16.3. The number of aryl methyl sites for hydroxylation is 1. The molecule has 0 spiro atoms. The average Bonchev–Trinajstić information content (AvgIpc) is 3.21. The Bertz CT molecular complexity index is 663. The van der Waals surface area contributed by atoms with Gasteiger partial charge < -0.3 is 14.9 Å². The number of hydrogen-bond acceptors (Lipinski definition) is 7. The summed E-state index contributed by atoms with van der Waals surface area (Å²) in [6, 6.07) is 3.54. The molecule has 1 aliphatic rings. The van der Waals surface area contributed by atoms with Gasteiger partial charge in [0.25, 0.3) is 0 Å². The van der Waals surface area contributed by atoms with E-state index in [2.05, 4.69) is 25.4 Å². The number of aromatic nitrogens is 3. The number of anilines is 1. The number of carbonyl (C=O) groups excluding carboxylic acids is 1. The van der Waals surface area contributed by atoms with E-state index in [1.54, 1.807) is 23.9 Å². The molecule has 2 aromatic heterocycles. The third-order valence-corrected chi connectivity index (χ3v) is 4.15. The fourth-order valence-electron chi connectivity index (χ4n) is 2.92. The molecule has 0 aromatic carbocycles. The summed E-state index contributed by atoms with van der Waals surface area (Å²) in [5.41, 5.74) is 0. The number of amides is 1. The summed E-state index contributed by atoms with van der Waals surface area (Å²) in [5, 5.41) is 20.7. The average molecular weight is 348 g/mol. The molecule has 1 aliphatic heterocycles. The van der Waals surface area contributed by atoms with Crippen LogP contribution in [0.5, 0.6) is 0 Å². The highest BCUT2D eigenvalue weighted by Crippen LogP contribution is 2.08. The summed E-state index contributed by atoms with van der Waals surface area (Å²) >= 11 is 0. The van der Waals surface area contributed by atoms with Crippen molar-refractivity contribution in [2.75, 3.05) is 44.6 Å². The van der Waals surface area contributed by atoms with Crippen LogP contribution in [0.1, 0.15) is 5.76 Å². The van der Waals surface area contributed by atoms with E-state index in [9.17, 15) is 9.90 Å². The number of aliphatic hydroxyl groups excluding tert-OH is 1. The van der Waals surface area contributed by atoms with Gasteiger partial charge in [0.15, 0.2) is 5.82 Å². The largest absolute Gasteiger partial charge is 0.390 e. The van der Waals surface area contributed by atoms with Crippen LogP contribution in [0.4, 0.5) is 5.82 Å². The van der Waals surface area contributed by atoms with Gasteiger partial charge in [-0.2, -0.15) is 5.10 Å². The highest BCUT2D eigenvalue weighted by Gasteiger charge is 2.21. The quantitative estimate of drug-likeness (QED) is 0.714. The molecule has 2 aromatic rings. The van der Waals surface area contributed by atoms with Crippen molar-refractivity contribution in [3.05, 3.63) is 30.3 Å². The third kappa shape index (κ3) is 5.38. The minimum absolute atomic E-state index is 0.0968. The smallest absolute Gasteiger partial charge is 0.239 e. The fraction of sp³-hybridized carbons (Fsp3) is 0.562. The summed E-state index contributed by atoms with van der Waals surface area (Å²) in [6.07, 6.45) is 3.10. The predicted molar refractivity (Wildman–Crippen MR) is 91.0 cm³/mol. The molecular formula is C16H24N6O3. The van der Waals surface area contributed by atoms with Crippen LogP contribution < -0.4 is 5.32 Å². The molecule has 25 heavy (non-hydrogen) atoms. The normalized spacial score (nSPS) is 17.5. The van der Waals surface area contributed by atoms with Crippen LogP contribution in [0.25, 0.3) is 0 Å². The number of rotatable bonds is 7. The first-order chi connectivity index (χ1) is 12.1. The first-order valence-electron chi connectivity index (χ1n) is 8.42. The minimum atomic E-state index is -0.454. The van der Waals surface area contributed by atoms with Crippen LogP contribution in [0, 0.1) is 6.92 Å². The Kier molecular flexibility index (Phi) is 5.79. The van der Waals surface area contributed by atoms with E-state index in [-0.39, 0.29) is 5.91 Å². The van der Waals surface area contributed by atoms with Gasteiger partial charge >= 0.3 is 0 Å². The summed E-state index contributed by atoms with van der Waals surface area (Å²) < 4.78 is 6.66. The van der Waals surface area contributed by atoms with Crippen molar-refractivity contribution in [1.29, 1.82) is 0 Å². The van der Waals surface area contributed by atoms with Crippen molar-refractivity contribution in [2.24, 2.45) is 0 Å². The molecule has 0 radical (unpaired) electrons. The Balaban J connectivity index is 1.36. The lowest BCUT2D eigenvalue weighted by Gasteiger charge is -2.35. The van der Waals surface area contributed by atoms with E-state index in [0.29, 0.717) is 31.2 Å². The summed E-state index contributed by atoms with van der Waals surface area (Å²) in [6.45, 7) is 6.45. The van der Waals surface area contributed by atoms with Gasteiger partial charge in [0.1, 0.15) is 5.76 Å². The Morgan fingerprint density at radius 3 is 2.72 bits per heavy atom. The van der Waals surface area contributed by atoms with Crippen molar-refractivity contribution in [2.45, 2.75) is 19.6 Å². The lowest BCUT2D eigenvalue weighted by atomic mass is 10.2. The second-order valence-electron chi connectivity index (χ2n) is 6.33. The lowest BCUT2D eigenvalue weighted by Crippen LogP contribution is -2.50. The molecule has 1 amide bonds. The van der Waals surface area contributed by atoms with Crippen LogP contribution >= 0.6 is 0 Å². The molecule has 1 atom stereocenters. The topological polar surface area (TPSA) is 99.7 Å². The Labute approximate surface area is 146 Å². The molecule has 1 unspecified atom stereocenters. The number of piperazine rings is 1. The van der Waals surface area contributed by atoms with E-state index in [1.807, 2.05) is 12.3 Å². The monoisotopic (exact) mass is 348 g/mol. The van der Waals surface area contributed by atoms with E-state index in [1.165, 1.54) is 0 Å². The standard InChI is InChI=1S/C16H24N6O3/c1-13-9-15(19-25-13)18-16(24)12-21-7-5-20(6-8-21)10-14(23)11-22-4-2-3-17-22/h2-4,9,14,23H,5-8,10-12H2,1H3,(H,18,19,24). The van der Waals surface area contributed by atoms with E-state index >= 15 is 0 Å². The van der Waals surface area contributed by atoms with E-state index < -0.39 is 6.10 Å². The number of nitrogens with one attached hydrogen (secondary N) is 1. The SMILES string of the molecule is Cc1cc(NC(=O)CN2CCN(CC(O)Cn3cccn3)CC2)no1. The van der Waals surface area contributed by atoms with Crippen molar-refractivity contribution < 1.29 is 14.4 Å². The van der Waals surface area contributed by atoms with Crippen LogP contribution in [0.3, 0.4) is 0 Å². The van der Waals surface area contributed by atoms with Gasteiger partial charge in [-0.1, -0.05) is 5.16 Å². The number of carbonyl (C=O) groups is 1. The molecule has 0 bridgehead atoms. The molecule has 9 heteroatoms. The molecule has 9 nitrogen and oxygen atoms in total. The summed E-state index contributed by atoms with van der Waals surface area (Å²) in [7, 11) is 0. The highest BCUT2D eigenvalue weighted by atomic mass is 16.5. The van der Waals surface area contributed by atoms with Crippen LogP contribution in [-0.2, 0) is 11.3 Å². The van der Waals surface area contributed by atoms with Crippen molar-refractivity contribution in [3.63, 3.8) is 0 Å². The van der Waals surface area contributed by atoms with Crippen molar-refractivity contribution in [3.8, 4) is 0 Å². The number of β-amino-alcohol motifs (C(OH)–C–C–N with tert-alkyl or cyclic N) is 1. The molecular weight excluding hydrogens is 324 g/mol. The number of hydrogen-bond donors (Lipinski definition) is 2. The molecule has 0 saturated carbocycles. The van der Waals surface area contributed by atoms with Gasteiger partial charge in [-0.05, 0) is 13.0 Å². The Hall–Kier alpha value is -2.23. The highest BCUT2D eigenvalue weighted by molar-refractivity contribution is 5.91. The zero-order valence-corrected chi connectivity index (χ0v) is 14.3.